The summed E-state index contributed by atoms with van der Waals surface area (Å²) in [7, 11) is 0. The Morgan fingerprint density at radius 3 is 2.95 bits per heavy atom. The highest BCUT2D eigenvalue weighted by atomic mass is 16.5. The topological polar surface area (TPSA) is 67.6 Å². The molecular formula is C15H17N3O3. The van der Waals surface area contributed by atoms with E-state index in [0.717, 1.165) is 11.4 Å². The third-order valence-electron chi connectivity index (χ3n) is 3.32. The lowest BCUT2D eigenvalue weighted by atomic mass is 10.2. The van der Waals surface area contributed by atoms with Gasteiger partial charge < -0.3 is 19.4 Å². The van der Waals surface area contributed by atoms with Gasteiger partial charge in [-0.25, -0.2) is 0 Å². The first kappa shape index (κ1) is 13.6. The van der Waals surface area contributed by atoms with Crippen LogP contribution in [0, 0.1) is 0 Å². The number of pyridine rings is 1. The van der Waals surface area contributed by atoms with E-state index >= 15 is 0 Å². The first-order chi connectivity index (χ1) is 10.3. The molecule has 1 N–H and O–H groups in total. The van der Waals surface area contributed by atoms with Crippen LogP contribution in [-0.2, 0) is 11.3 Å². The zero-order valence-electron chi connectivity index (χ0n) is 11.6. The predicted octanol–water partition coefficient (Wildman–Crippen LogP) is 1.76. The summed E-state index contributed by atoms with van der Waals surface area (Å²) in [5.41, 5.74) is 1.29. The zero-order valence-corrected chi connectivity index (χ0v) is 11.6. The molecule has 6 nitrogen and oxygen atoms in total. The van der Waals surface area contributed by atoms with Gasteiger partial charge in [-0.15, -0.1) is 0 Å². The van der Waals surface area contributed by atoms with Crippen LogP contribution >= 0.6 is 0 Å². The maximum absolute atomic E-state index is 12.3. The predicted molar refractivity (Wildman–Crippen MR) is 77.0 cm³/mol. The molecule has 110 valence electrons. The average Bonchev–Trinajstić information content (AvgIpc) is 3.07. The van der Waals surface area contributed by atoms with Crippen molar-refractivity contribution >= 4 is 11.6 Å². The van der Waals surface area contributed by atoms with E-state index in [1.807, 2.05) is 18.2 Å². The molecule has 0 aromatic carbocycles. The van der Waals surface area contributed by atoms with Gasteiger partial charge in [-0.2, -0.15) is 0 Å². The van der Waals surface area contributed by atoms with Crippen LogP contribution in [0.25, 0.3) is 0 Å². The molecule has 0 atom stereocenters. The molecule has 6 heteroatoms. The molecule has 0 saturated carbocycles. The van der Waals surface area contributed by atoms with Crippen LogP contribution in [0.15, 0.2) is 41.1 Å². The summed E-state index contributed by atoms with van der Waals surface area (Å²) >= 11 is 0. The van der Waals surface area contributed by atoms with Crippen molar-refractivity contribution in [3.05, 3.63) is 48.2 Å². The molecule has 0 aliphatic carbocycles. The van der Waals surface area contributed by atoms with Gasteiger partial charge in [-0.3, -0.25) is 9.78 Å². The molecule has 1 aliphatic heterocycles. The minimum Gasteiger partial charge on any atom is -0.467 e. The van der Waals surface area contributed by atoms with Gasteiger partial charge in [-0.05, 0) is 24.3 Å². The largest absolute Gasteiger partial charge is 0.467 e. The molecule has 3 heterocycles. The van der Waals surface area contributed by atoms with Crippen LogP contribution in [0.1, 0.15) is 16.2 Å². The lowest BCUT2D eigenvalue weighted by molar-refractivity contribution is 0.0299. The summed E-state index contributed by atoms with van der Waals surface area (Å²) in [5.74, 6) is 0.785. The third kappa shape index (κ3) is 3.41. The van der Waals surface area contributed by atoms with Crippen LogP contribution in [0.4, 0.5) is 5.69 Å². The van der Waals surface area contributed by atoms with Crippen LogP contribution in [0.5, 0.6) is 0 Å². The molecule has 2 aromatic heterocycles. The highest BCUT2D eigenvalue weighted by Gasteiger charge is 2.19. The molecule has 21 heavy (non-hydrogen) atoms. The Labute approximate surface area is 122 Å². The Hall–Kier alpha value is -2.34. The van der Waals surface area contributed by atoms with Crippen LogP contribution < -0.4 is 5.32 Å². The minimum atomic E-state index is -0.0556. The number of nitrogens with one attached hydrogen (secondary N) is 1. The number of hydrogen-bond acceptors (Lipinski definition) is 5. The van der Waals surface area contributed by atoms with E-state index in [9.17, 15) is 4.79 Å². The first-order valence-corrected chi connectivity index (χ1v) is 6.92. The molecule has 2 aromatic rings. The van der Waals surface area contributed by atoms with Gasteiger partial charge in [0.1, 0.15) is 11.5 Å². The van der Waals surface area contributed by atoms with Crippen molar-refractivity contribution in [2.45, 2.75) is 6.54 Å². The second kappa shape index (κ2) is 6.41. The standard InChI is InChI=1S/C15H17N3O3/c19-15(18-5-8-20-9-6-18)14-10-12(3-4-16-14)17-11-13-2-1-7-21-13/h1-4,7,10H,5-6,8-9,11H2,(H,16,17). The average molecular weight is 287 g/mol. The van der Waals surface area contributed by atoms with E-state index in [0.29, 0.717) is 38.5 Å². The number of aromatic nitrogens is 1. The molecule has 1 amide bonds. The molecule has 0 radical (unpaired) electrons. The lowest BCUT2D eigenvalue weighted by Gasteiger charge is -2.26. The number of rotatable bonds is 4. The summed E-state index contributed by atoms with van der Waals surface area (Å²) in [6.45, 7) is 2.97. The van der Waals surface area contributed by atoms with E-state index in [1.54, 1.807) is 23.4 Å². The summed E-state index contributed by atoms with van der Waals surface area (Å²) in [6.07, 6.45) is 3.27. The normalized spacial score (nSPS) is 15.0. The quantitative estimate of drug-likeness (QED) is 0.928. The second-order valence-corrected chi connectivity index (χ2v) is 4.77. The van der Waals surface area contributed by atoms with Crippen molar-refractivity contribution < 1.29 is 13.9 Å². The molecule has 1 aliphatic rings. The zero-order chi connectivity index (χ0) is 14.5. The Bertz CT molecular complexity index is 592. The molecule has 3 rings (SSSR count). The fourth-order valence-electron chi connectivity index (χ4n) is 2.19. The van der Waals surface area contributed by atoms with E-state index in [2.05, 4.69) is 10.3 Å². The maximum atomic E-state index is 12.3. The highest BCUT2D eigenvalue weighted by molar-refractivity contribution is 5.93. The Kier molecular flexibility index (Phi) is 4.16. The monoisotopic (exact) mass is 287 g/mol. The van der Waals surface area contributed by atoms with Gasteiger partial charge in [-0.1, -0.05) is 0 Å². The molecule has 0 spiro atoms. The van der Waals surface area contributed by atoms with Crippen LogP contribution in [-0.4, -0.2) is 42.1 Å². The van der Waals surface area contributed by atoms with Crippen molar-refractivity contribution in [2.24, 2.45) is 0 Å². The van der Waals surface area contributed by atoms with Crippen molar-refractivity contribution in [3.8, 4) is 0 Å². The summed E-state index contributed by atoms with van der Waals surface area (Å²) in [6, 6.07) is 7.34. The van der Waals surface area contributed by atoms with Gasteiger partial charge in [0.15, 0.2) is 0 Å². The van der Waals surface area contributed by atoms with Crippen molar-refractivity contribution in [1.29, 1.82) is 0 Å². The maximum Gasteiger partial charge on any atom is 0.272 e. The van der Waals surface area contributed by atoms with Gasteiger partial charge in [0, 0.05) is 25.0 Å². The number of anilines is 1. The fraction of sp³-hybridized carbons (Fsp3) is 0.333. The van der Waals surface area contributed by atoms with Gasteiger partial charge in [0.25, 0.3) is 5.91 Å². The number of amides is 1. The Morgan fingerprint density at radius 2 is 2.19 bits per heavy atom. The molecule has 0 unspecified atom stereocenters. The van der Waals surface area contributed by atoms with Gasteiger partial charge >= 0.3 is 0 Å². The van der Waals surface area contributed by atoms with E-state index in [4.69, 9.17) is 9.15 Å². The van der Waals surface area contributed by atoms with Gasteiger partial charge in [0.2, 0.25) is 0 Å². The number of furan rings is 1. The number of carbonyl (C=O) groups is 1. The molecular weight excluding hydrogens is 270 g/mol. The first-order valence-electron chi connectivity index (χ1n) is 6.92. The summed E-state index contributed by atoms with van der Waals surface area (Å²) in [4.78, 5) is 18.3. The third-order valence-corrected chi connectivity index (χ3v) is 3.32. The van der Waals surface area contributed by atoms with Crippen LogP contribution in [0.3, 0.4) is 0 Å². The minimum absolute atomic E-state index is 0.0556. The lowest BCUT2D eigenvalue weighted by Crippen LogP contribution is -2.41. The van der Waals surface area contributed by atoms with Crippen molar-refractivity contribution in [3.63, 3.8) is 0 Å². The number of morpholine rings is 1. The summed E-state index contributed by atoms with van der Waals surface area (Å²) < 4.78 is 10.5. The van der Waals surface area contributed by atoms with Crippen molar-refractivity contribution in [2.75, 3.05) is 31.6 Å². The number of carbonyl (C=O) groups excluding carboxylic acids is 1. The SMILES string of the molecule is O=C(c1cc(NCc2ccco2)ccn1)N1CCOCC1. The number of nitrogens with zero attached hydrogens (tertiary/aromatic N) is 2. The Balaban J connectivity index is 1.66. The number of ether oxygens (including phenoxy) is 1. The molecule has 1 fully saturated rings. The highest BCUT2D eigenvalue weighted by Crippen LogP contribution is 2.13. The summed E-state index contributed by atoms with van der Waals surface area (Å²) in [5, 5.41) is 3.22. The van der Waals surface area contributed by atoms with Gasteiger partial charge in [0.05, 0.1) is 26.0 Å². The Morgan fingerprint density at radius 1 is 1.33 bits per heavy atom. The van der Waals surface area contributed by atoms with E-state index in [1.165, 1.54) is 0 Å². The van der Waals surface area contributed by atoms with E-state index in [-0.39, 0.29) is 5.91 Å². The molecule has 0 bridgehead atoms. The number of hydrogen-bond donors (Lipinski definition) is 1. The molecule has 1 saturated heterocycles. The second-order valence-electron chi connectivity index (χ2n) is 4.77. The van der Waals surface area contributed by atoms with E-state index < -0.39 is 0 Å². The fourth-order valence-corrected chi connectivity index (χ4v) is 2.19. The smallest absolute Gasteiger partial charge is 0.272 e. The van der Waals surface area contributed by atoms with Crippen LogP contribution in [0.2, 0.25) is 0 Å². The van der Waals surface area contributed by atoms with Crippen molar-refractivity contribution in [1.82, 2.24) is 9.88 Å².